The zero-order valence-electron chi connectivity index (χ0n) is 12.7. The summed E-state index contributed by atoms with van der Waals surface area (Å²) in [5.74, 6) is -1.49. The van der Waals surface area contributed by atoms with Gasteiger partial charge in [-0.1, -0.05) is 32.6 Å². The minimum absolute atomic E-state index is 0.0383. The molecule has 2 amide bonds. The van der Waals surface area contributed by atoms with Crippen molar-refractivity contribution < 1.29 is 19.5 Å². The van der Waals surface area contributed by atoms with E-state index in [1.54, 1.807) is 0 Å². The lowest BCUT2D eigenvalue weighted by Crippen LogP contribution is -2.41. The van der Waals surface area contributed by atoms with E-state index in [0.717, 1.165) is 32.1 Å². The molecule has 1 saturated carbocycles. The van der Waals surface area contributed by atoms with Gasteiger partial charge in [-0.05, 0) is 19.3 Å². The molecule has 120 valence electrons. The Hall–Kier alpha value is -1.59. The average molecular weight is 298 g/mol. The molecule has 0 atom stereocenters. The first-order chi connectivity index (χ1) is 10.00. The topological polar surface area (TPSA) is 95.5 Å². The lowest BCUT2D eigenvalue weighted by molar-refractivity contribution is -0.152. The van der Waals surface area contributed by atoms with Crippen LogP contribution < -0.4 is 10.6 Å². The van der Waals surface area contributed by atoms with E-state index in [1.165, 1.54) is 0 Å². The zero-order chi connectivity index (χ0) is 15.7. The second-order valence-corrected chi connectivity index (χ2v) is 5.80. The van der Waals surface area contributed by atoms with Gasteiger partial charge in [-0.3, -0.25) is 14.4 Å². The highest BCUT2D eigenvalue weighted by Gasteiger charge is 2.40. The molecular weight excluding hydrogens is 272 g/mol. The van der Waals surface area contributed by atoms with Crippen LogP contribution in [0.25, 0.3) is 0 Å². The van der Waals surface area contributed by atoms with Gasteiger partial charge in [-0.15, -0.1) is 0 Å². The summed E-state index contributed by atoms with van der Waals surface area (Å²) in [6.45, 7) is 2.43. The van der Waals surface area contributed by atoms with Crippen molar-refractivity contribution in [1.82, 2.24) is 10.6 Å². The molecule has 0 aromatic heterocycles. The normalized spacial score (nSPS) is 17.6. The minimum atomic E-state index is -0.958. The van der Waals surface area contributed by atoms with Gasteiger partial charge in [0.1, 0.15) is 0 Å². The molecule has 0 spiro atoms. The highest BCUT2D eigenvalue weighted by molar-refractivity contribution is 5.88. The molecule has 0 aromatic rings. The van der Waals surface area contributed by atoms with Crippen molar-refractivity contribution >= 4 is 17.8 Å². The van der Waals surface area contributed by atoms with Crippen LogP contribution in [0.5, 0.6) is 0 Å². The first-order valence-electron chi connectivity index (χ1n) is 7.77. The summed E-state index contributed by atoms with van der Waals surface area (Å²) < 4.78 is 0. The average Bonchev–Trinajstić information content (AvgIpc) is 2.69. The summed E-state index contributed by atoms with van der Waals surface area (Å²) >= 11 is 0. The third-order valence-corrected chi connectivity index (χ3v) is 4.03. The second-order valence-electron chi connectivity index (χ2n) is 5.80. The van der Waals surface area contributed by atoms with Crippen molar-refractivity contribution in [1.29, 1.82) is 0 Å². The number of carbonyl (C=O) groups is 3. The van der Waals surface area contributed by atoms with Crippen molar-refractivity contribution in [2.24, 2.45) is 5.41 Å². The van der Waals surface area contributed by atoms with E-state index >= 15 is 0 Å². The molecule has 0 aliphatic heterocycles. The van der Waals surface area contributed by atoms with Crippen LogP contribution in [0.15, 0.2) is 0 Å². The fourth-order valence-electron chi connectivity index (χ4n) is 2.75. The first kappa shape index (κ1) is 17.5. The van der Waals surface area contributed by atoms with Gasteiger partial charge in [-0.2, -0.15) is 0 Å². The van der Waals surface area contributed by atoms with Crippen LogP contribution in [0.1, 0.15) is 58.3 Å². The van der Waals surface area contributed by atoms with Crippen molar-refractivity contribution in [2.75, 3.05) is 13.1 Å². The highest BCUT2D eigenvalue weighted by atomic mass is 16.4. The summed E-state index contributed by atoms with van der Waals surface area (Å²) in [7, 11) is 0. The fourth-order valence-corrected chi connectivity index (χ4v) is 2.75. The Bertz CT molecular complexity index is 374. The molecule has 0 heterocycles. The van der Waals surface area contributed by atoms with E-state index in [0.29, 0.717) is 19.4 Å². The Morgan fingerprint density at radius 1 is 1.00 bits per heavy atom. The lowest BCUT2D eigenvalue weighted by Gasteiger charge is -2.27. The molecule has 1 rings (SSSR count). The van der Waals surface area contributed by atoms with E-state index in [1.807, 2.05) is 6.92 Å². The minimum Gasteiger partial charge on any atom is -0.481 e. The van der Waals surface area contributed by atoms with Crippen LogP contribution in [0.3, 0.4) is 0 Å². The summed E-state index contributed by atoms with van der Waals surface area (Å²) in [4.78, 5) is 35.0. The fraction of sp³-hybridized carbons (Fsp3) is 0.800. The maximum atomic E-state index is 12.0. The number of carboxylic acids is 1. The third-order valence-electron chi connectivity index (χ3n) is 4.03. The molecule has 3 N–H and O–H groups in total. The molecule has 0 radical (unpaired) electrons. The standard InChI is InChI=1S/C15H26N2O4/c1-2-9-16-13(19)11-17-12(18)10-15(14(20)21)7-5-3-4-6-8-15/h2-11H2,1H3,(H,16,19)(H,17,18)(H,20,21). The zero-order valence-corrected chi connectivity index (χ0v) is 12.7. The summed E-state index contributed by atoms with van der Waals surface area (Å²) in [6.07, 6.45) is 5.61. The Kier molecular flexibility index (Phi) is 7.19. The maximum Gasteiger partial charge on any atom is 0.310 e. The van der Waals surface area contributed by atoms with Gasteiger partial charge in [0.15, 0.2) is 0 Å². The molecular formula is C15H26N2O4. The van der Waals surface area contributed by atoms with Gasteiger partial charge in [0.25, 0.3) is 0 Å². The molecule has 0 bridgehead atoms. The van der Waals surface area contributed by atoms with Crippen LogP contribution in [-0.2, 0) is 14.4 Å². The number of rotatable bonds is 7. The third kappa shape index (κ3) is 5.73. The van der Waals surface area contributed by atoms with E-state index in [2.05, 4.69) is 10.6 Å². The second kappa shape index (κ2) is 8.64. The van der Waals surface area contributed by atoms with E-state index in [-0.39, 0.29) is 24.8 Å². The molecule has 1 aliphatic carbocycles. The number of hydrogen-bond acceptors (Lipinski definition) is 3. The quantitative estimate of drug-likeness (QED) is 0.620. The number of carbonyl (C=O) groups excluding carboxylic acids is 2. The predicted octanol–water partition coefficient (Wildman–Crippen LogP) is 1.44. The number of amides is 2. The highest BCUT2D eigenvalue weighted by Crippen LogP contribution is 2.38. The number of hydrogen-bond donors (Lipinski definition) is 3. The van der Waals surface area contributed by atoms with E-state index < -0.39 is 11.4 Å². The Balaban J connectivity index is 2.49. The SMILES string of the molecule is CCCNC(=O)CNC(=O)CC1(C(=O)O)CCCCCC1. The number of carboxylic acid groups (broad SMARTS) is 1. The van der Waals surface area contributed by atoms with Crippen LogP contribution in [0, 0.1) is 5.41 Å². The molecule has 0 aromatic carbocycles. The van der Waals surface area contributed by atoms with Crippen molar-refractivity contribution in [3.8, 4) is 0 Å². The molecule has 0 saturated heterocycles. The van der Waals surface area contributed by atoms with Gasteiger partial charge in [-0.25, -0.2) is 0 Å². The van der Waals surface area contributed by atoms with Crippen LogP contribution in [0.2, 0.25) is 0 Å². The van der Waals surface area contributed by atoms with Gasteiger partial charge in [0.2, 0.25) is 11.8 Å². The van der Waals surface area contributed by atoms with Gasteiger partial charge < -0.3 is 15.7 Å². The predicted molar refractivity (Wildman–Crippen MR) is 78.7 cm³/mol. The summed E-state index contributed by atoms with van der Waals surface area (Å²) in [5, 5.41) is 14.7. The maximum absolute atomic E-state index is 12.0. The largest absolute Gasteiger partial charge is 0.481 e. The van der Waals surface area contributed by atoms with Gasteiger partial charge in [0, 0.05) is 13.0 Å². The van der Waals surface area contributed by atoms with Crippen molar-refractivity contribution in [3.63, 3.8) is 0 Å². The van der Waals surface area contributed by atoms with Gasteiger partial charge >= 0.3 is 5.97 Å². The Labute approximate surface area is 125 Å². The smallest absolute Gasteiger partial charge is 0.310 e. The summed E-state index contributed by atoms with van der Waals surface area (Å²) in [6, 6.07) is 0. The first-order valence-corrected chi connectivity index (χ1v) is 7.77. The molecule has 6 heteroatoms. The molecule has 1 aliphatic rings. The van der Waals surface area contributed by atoms with Gasteiger partial charge in [0.05, 0.1) is 12.0 Å². The molecule has 21 heavy (non-hydrogen) atoms. The monoisotopic (exact) mass is 298 g/mol. The van der Waals surface area contributed by atoms with Crippen LogP contribution in [-0.4, -0.2) is 36.0 Å². The molecule has 1 fully saturated rings. The van der Waals surface area contributed by atoms with Crippen molar-refractivity contribution in [2.45, 2.75) is 58.3 Å². The number of nitrogens with one attached hydrogen (secondary N) is 2. The van der Waals surface area contributed by atoms with Crippen LogP contribution >= 0.6 is 0 Å². The Morgan fingerprint density at radius 3 is 2.14 bits per heavy atom. The van der Waals surface area contributed by atoms with E-state index in [9.17, 15) is 19.5 Å². The van der Waals surface area contributed by atoms with Crippen LogP contribution in [0.4, 0.5) is 0 Å². The lowest BCUT2D eigenvalue weighted by atomic mass is 9.77. The number of aliphatic carboxylic acids is 1. The molecule has 0 unspecified atom stereocenters. The van der Waals surface area contributed by atoms with E-state index in [4.69, 9.17) is 0 Å². The van der Waals surface area contributed by atoms with Crippen molar-refractivity contribution in [3.05, 3.63) is 0 Å². The Morgan fingerprint density at radius 2 is 1.62 bits per heavy atom. The molecule has 6 nitrogen and oxygen atoms in total. The summed E-state index contributed by atoms with van der Waals surface area (Å²) in [5.41, 5.74) is -0.958.